The molecule has 1 amide bonds. The number of nitro groups is 1. The summed E-state index contributed by atoms with van der Waals surface area (Å²) in [5.41, 5.74) is 6.19. The van der Waals surface area contributed by atoms with Gasteiger partial charge in [0.15, 0.2) is 12.4 Å². The maximum Gasteiger partial charge on any atom is 0.296 e. The van der Waals surface area contributed by atoms with Gasteiger partial charge < -0.3 is 21.1 Å². The molecule has 0 aliphatic carbocycles. The van der Waals surface area contributed by atoms with Crippen LogP contribution in [0.15, 0.2) is 12.1 Å². The number of rotatable bonds is 4. The molecule has 0 radical (unpaired) electrons. The molecule has 1 atom stereocenters. The second-order valence-corrected chi connectivity index (χ2v) is 4.32. The zero-order chi connectivity index (χ0) is 14.0. The number of nitrogens with zero attached hydrogens (tertiary/aromatic N) is 1. The molecule has 102 valence electrons. The smallest absolute Gasteiger partial charge is 0.296 e. The van der Waals surface area contributed by atoms with Gasteiger partial charge in [-0.15, -0.1) is 0 Å². The first-order valence-electron chi connectivity index (χ1n) is 5.72. The first-order valence-corrected chi connectivity index (χ1v) is 5.72. The largest absolute Gasteiger partial charge is 0.481 e. The molecule has 1 unspecified atom stereocenters. The Labute approximate surface area is 109 Å². The normalized spacial score (nSPS) is 14.9. The van der Waals surface area contributed by atoms with Crippen LogP contribution >= 0.6 is 0 Å². The number of nitro benzene ring substituents is 1. The lowest BCUT2D eigenvalue weighted by molar-refractivity contribution is -0.384. The molecule has 0 bridgehead atoms. The Morgan fingerprint density at radius 3 is 3.00 bits per heavy atom. The highest BCUT2D eigenvalue weighted by molar-refractivity contribution is 5.96. The van der Waals surface area contributed by atoms with Crippen molar-refractivity contribution in [2.45, 2.75) is 13.0 Å². The summed E-state index contributed by atoms with van der Waals surface area (Å²) in [5, 5.41) is 16.5. The fraction of sp³-hybridized carbons (Fsp3) is 0.364. The van der Waals surface area contributed by atoms with Gasteiger partial charge in [-0.05, 0) is 13.0 Å². The minimum Gasteiger partial charge on any atom is -0.481 e. The Balaban J connectivity index is 2.36. The van der Waals surface area contributed by atoms with Crippen molar-refractivity contribution in [3.63, 3.8) is 0 Å². The number of carbonyl (C=O) groups is 1. The fourth-order valence-corrected chi connectivity index (χ4v) is 1.68. The van der Waals surface area contributed by atoms with Crippen LogP contribution < -0.4 is 21.1 Å². The highest BCUT2D eigenvalue weighted by Gasteiger charge is 2.23. The number of ether oxygens (including phenoxy) is 1. The highest BCUT2D eigenvalue weighted by atomic mass is 16.6. The zero-order valence-electron chi connectivity index (χ0n) is 10.3. The summed E-state index contributed by atoms with van der Waals surface area (Å²) in [6, 6.07) is 2.62. The number of carbonyl (C=O) groups excluding carboxylic acids is 1. The molecule has 0 saturated heterocycles. The van der Waals surface area contributed by atoms with Crippen molar-refractivity contribution in [2.24, 2.45) is 5.73 Å². The van der Waals surface area contributed by atoms with E-state index < -0.39 is 4.92 Å². The van der Waals surface area contributed by atoms with Gasteiger partial charge in [0.25, 0.3) is 11.6 Å². The number of fused-ring (bicyclic) bond motifs is 1. The van der Waals surface area contributed by atoms with E-state index in [1.54, 1.807) is 6.92 Å². The Morgan fingerprint density at radius 2 is 2.37 bits per heavy atom. The lowest BCUT2D eigenvalue weighted by Gasteiger charge is -2.19. The lowest BCUT2D eigenvalue weighted by Crippen LogP contribution is -2.27. The maximum atomic E-state index is 11.2. The van der Waals surface area contributed by atoms with E-state index in [0.717, 1.165) is 0 Å². The summed E-state index contributed by atoms with van der Waals surface area (Å²) < 4.78 is 5.14. The van der Waals surface area contributed by atoms with E-state index in [0.29, 0.717) is 17.9 Å². The molecule has 0 saturated carbocycles. The summed E-state index contributed by atoms with van der Waals surface area (Å²) in [6.45, 7) is 2.02. The summed E-state index contributed by atoms with van der Waals surface area (Å²) >= 11 is 0. The van der Waals surface area contributed by atoms with Crippen molar-refractivity contribution in [1.29, 1.82) is 0 Å². The molecule has 0 spiro atoms. The molecule has 0 fully saturated rings. The van der Waals surface area contributed by atoms with Crippen molar-refractivity contribution >= 4 is 23.0 Å². The average molecular weight is 266 g/mol. The fourth-order valence-electron chi connectivity index (χ4n) is 1.68. The van der Waals surface area contributed by atoms with E-state index in [9.17, 15) is 14.9 Å². The average Bonchev–Trinajstić information content (AvgIpc) is 2.34. The van der Waals surface area contributed by atoms with Crippen LogP contribution in [0.2, 0.25) is 0 Å². The van der Waals surface area contributed by atoms with Gasteiger partial charge in [-0.3, -0.25) is 14.9 Å². The quantitative estimate of drug-likeness (QED) is 0.544. The van der Waals surface area contributed by atoms with Gasteiger partial charge in [0.2, 0.25) is 0 Å². The predicted molar refractivity (Wildman–Crippen MR) is 69.4 cm³/mol. The van der Waals surface area contributed by atoms with Crippen LogP contribution in [0, 0.1) is 10.1 Å². The molecule has 8 heteroatoms. The van der Waals surface area contributed by atoms with E-state index in [2.05, 4.69) is 10.6 Å². The third kappa shape index (κ3) is 2.91. The monoisotopic (exact) mass is 266 g/mol. The minimum atomic E-state index is -0.510. The number of amides is 1. The van der Waals surface area contributed by atoms with Gasteiger partial charge in [0.1, 0.15) is 5.69 Å². The predicted octanol–water partition coefficient (Wildman–Crippen LogP) is 0.685. The molecule has 1 aromatic carbocycles. The second-order valence-electron chi connectivity index (χ2n) is 4.32. The standard InChI is InChI=1S/C11H14N4O4/c1-6(12)4-13-7-2-8-10(3-9(7)15(17)18)19-5-11(16)14-8/h2-3,6,13H,4-5,12H2,1H3,(H,14,16). The van der Waals surface area contributed by atoms with Crippen molar-refractivity contribution in [3.8, 4) is 5.75 Å². The van der Waals surface area contributed by atoms with Gasteiger partial charge in [0, 0.05) is 12.6 Å². The van der Waals surface area contributed by atoms with E-state index in [1.807, 2.05) is 0 Å². The van der Waals surface area contributed by atoms with Crippen molar-refractivity contribution in [3.05, 3.63) is 22.2 Å². The Hall–Kier alpha value is -2.35. The summed E-state index contributed by atoms with van der Waals surface area (Å²) in [7, 11) is 0. The number of hydrogen-bond acceptors (Lipinski definition) is 6. The first-order chi connectivity index (χ1) is 8.97. The zero-order valence-corrected chi connectivity index (χ0v) is 10.3. The first kappa shape index (κ1) is 13.1. The second kappa shape index (κ2) is 5.11. The van der Waals surface area contributed by atoms with Crippen LogP contribution in [0.4, 0.5) is 17.1 Å². The van der Waals surface area contributed by atoms with Gasteiger partial charge >= 0.3 is 0 Å². The third-order valence-electron chi connectivity index (χ3n) is 2.54. The van der Waals surface area contributed by atoms with Crippen LogP contribution in [-0.4, -0.2) is 30.0 Å². The number of anilines is 2. The van der Waals surface area contributed by atoms with Crippen LogP contribution in [0.1, 0.15) is 6.92 Å². The minimum absolute atomic E-state index is 0.115. The summed E-state index contributed by atoms with van der Waals surface area (Å²) in [5.74, 6) is -0.00265. The molecular weight excluding hydrogens is 252 g/mol. The molecule has 1 aliphatic rings. The molecule has 4 N–H and O–H groups in total. The molecule has 1 aromatic rings. The lowest BCUT2D eigenvalue weighted by atomic mass is 10.2. The van der Waals surface area contributed by atoms with Gasteiger partial charge in [-0.25, -0.2) is 0 Å². The Morgan fingerprint density at radius 1 is 1.63 bits per heavy atom. The van der Waals surface area contributed by atoms with Gasteiger partial charge in [0.05, 0.1) is 16.7 Å². The van der Waals surface area contributed by atoms with Gasteiger partial charge in [-0.2, -0.15) is 0 Å². The molecule has 0 aromatic heterocycles. The highest BCUT2D eigenvalue weighted by Crippen LogP contribution is 2.37. The van der Waals surface area contributed by atoms with Crippen molar-refractivity contribution in [2.75, 3.05) is 23.8 Å². The number of benzene rings is 1. The Bertz CT molecular complexity index is 530. The maximum absolute atomic E-state index is 11.2. The molecule has 19 heavy (non-hydrogen) atoms. The number of nitrogens with two attached hydrogens (primary N) is 1. The summed E-state index contributed by atoms with van der Waals surface area (Å²) in [6.07, 6.45) is 0. The Kier molecular flexibility index (Phi) is 3.52. The topological polar surface area (TPSA) is 120 Å². The van der Waals surface area contributed by atoms with Crippen LogP contribution in [0.25, 0.3) is 0 Å². The summed E-state index contributed by atoms with van der Waals surface area (Å²) in [4.78, 5) is 21.7. The molecule has 1 aliphatic heterocycles. The molecular formula is C11H14N4O4. The van der Waals surface area contributed by atoms with Crippen molar-refractivity contribution in [1.82, 2.24) is 0 Å². The van der Waals surface area contributed by atoms with E-state index in [4.69, 9.17) is 10.5 Å². The van der Waals surface area contributed by atoms with E-state index in [-0.39, 0.29) is 30.0 Å². The molecule has 1 heterocycles. The van der Waals surface area contributed by atoms with E-state index >= 15 is 0 Å². The SMILES string of the molecule is CC(N)CNc1cc2c(cc1[N+](=O)[O-])OCC(=O)N2. The number of hydrogen-bond donors (Lipinski definition) is 3. The van der Waals surface area contributed by atoms with Crippen LogP contribution in [0.3, 0.4) is 0 Å². The van der Waals surface area contributed by atoms with Crippen LogP contribution in [0.5, 0.6) is 5.75 Å². The third-order valence-corrected chi connectivity index (χ3v) is 2.54. The van der Waals surface area contributed by atoms with Gasteiger partial charge in [-0.1, -0.05) is 0 Å². The van der Waals surface area contributed by atoms with E-state index in [1.165, 1.54) is 12.1 Å². The number of nitrogens with one attached hydrogen (secondary N) is 2. The molecule has 8 nitrogen and oxygen atoms in total. The van der Waals surface area contributed by atoms with Crippen molar-refractivity contribution < 1.29 is 14.5 Å². The molecule has 2 rings (SSSR count). The van der Waals surface area contributed by atoms with Crippen LogP contribution in [-0.2, 0) is 4.79 Å².